The predicted molar refractivity (Wildman–Crippen MR) is 106 cm³/mol. The number of ether oxygens (including phenoxy) is 1. The average Bonchev–Trinajstić information content (AvgIpc) is 2.65. The molecule has 4 N–H and O–H groups in total. The molecule has 0 radical (unpaired) electrons. The van der Waals surface area contributed by atoms with E-state index < -0.39 is 17.5 Å². The molecule has 0 heterocycles. The number of aliphatic hydroxyl groups excluding tert-OH is 1. The van der Waals surface area contributed by atoms with Gasteiger partial charge < -0.3 is 25.2 Å². The Hall–Kier alpha value is -1.96. The van der Waals surface area contributed by atoms with Gasteiger partial charge in [0.15, 0.2) is 0 Å². The minimum absolute atomic E-state index is 0.00477. The summed E-state index contributed by atoms with van der Waals surface area (Å²) in [4.78, 5) is 19.8. The van der Waals surface area contributed by atoms with E-state index in [-0.39, 0.29) is 32.7 Å². The molecule has 0 saturated heterocycles. The van der Waals surface area contributed by atoms with Crippen LogP contribution in [0.1, 0.15) is 57.4 Å². The quantitative estimate of drug-likeness (QED) is 0.355. The van der Waals surface area contributed by atoms with Crippen LogP contribution < -0.4 is 0 Å². The molecule has 1 aromatic carbocycles. The van der Waals surface area contributed by atoms with Crippen LogP contribution >= 0.6 is 0 Å². The van der Waals surface area contributed by atoms with Crippen LogP contribution in [0.4, 0.5) is 0 Å². The summed E-state index contributed by atoms with van der Waals surface area (Å²) < 4.78 is 5.32. The molecule has 160 valence electrons. The monoisotopic (exact) mass is 398 g/mol. The van der Waals surface area contributed by atoms with Gasteiger partial charge in [-0.05, 0) is 24.8 Å². The molecule has 1 aromatic rings. The minimum atomic E-state index is -0.870. The third-order valence-electron chi connectivity index (χ3n) is 4.01. The molecule has 0 aliphatic heterocycles. The molecule has 0 spiro atoms. The van der Waals surface area contributed by atoms with Gasteiger partial charge >= 0.3 is 11.9 Å². The first-order valence-corrected chi connectivity index (χ1v) is 9.71. The molecule has 0 saturated carbocycles. The summed E-state index contributed by atoms with van der Waals surface area (Å²) in [5.74, 6) is -1.74. The average molecular weight is 398 g/mol. The fourth-order valence-corrected chi connectivity index (χ4v) is 2.57. The van der Waals surface area contributed by atoms with E-state index in [0.29, 0.717) is 19.3 Å². The van der Waals surface area contributed by atoms with Gasteiger partial charge in [0.2, 0.25) is 0 Å². The van der Waals surface area contributed by atoms with Gasteiger partial charge in [0.1, 0.15) is 0 Å². The third-order valence-corrected chi connectivity index (χ3v) is 4.01. The van der Waals surface area contributed by atoms with Crippen LogP contribution in [0.3, 0.4) is 0 Å². The normalized spacial score (nSPS) is 12.5. The SMILES string of the molecule is CCCCC(O)(COCCO)Cc1ccccc1.O=C(O)CCCCC(=O)O. The Kier molecular flexibility index (Phi) is 14.9. The van der Waals surface area contributed by atoms with Crippen molar-refractivity contribution in [3.8, 4) is 0 Å². The van der Waals surface area contributed by atoms with Crippen LogP contribution in [0, 0.1) is 0 Å². The van der Waals surface area contributed by atoms with E-state index in [4.69, 9.17) is 20.1 Å². The molecule has 0 aliphatic rings. The molecule has 1 rings (SSSR count). The maximum absolute atomic E-state index is 10.6. The number of aliphatic hydroxyl groups is 2. The van der Waals surface area contributed by atoms with Gasteiger partial charge in [0, 0.05) is 19.3 Å². The Bertz CT molecular complexity index is 517. The fraction of sp³-hybridized carbons (Fsp3) is 0.619. The first kappa shape index (κ1) is 26.0. The van der Waals surface area contributed by atoms with Gasteiger partial charge in [-0.3, -0.25) is 9.59 Å². The summed E-state index contributed by atoms with van der Waals surface area (Å²) in [5.41, 5.74) is 0.288. The van der Waals surface area contributed by atoms with Gasteiger partial charge in [0.05, 0.1) is 25.4 Å². The Morgan fingerprint density at radius 1 is 1.00 bits per heavy atom. The van der Waals surface area contributed by atoms with Crippen molar-refractivity contribution in [1.82, 2.24) is 0 Å². The first-order valence-electron chi connectivity index (χ1n) is 9.71. The standard InChI is InChI=1S/C15H24O3.C6H10O4/c1-2-3-9-15(17,13-18-11-10-16)12-14-7-5-4-6-8-14;7-5(8)3-1-2-4-6(9)10/h4-8,16-17H,2-3,9-13H2,1H3;1-4H2,(H,7,8)(H,9,10). The molecule has 0 amide bonds. The summed E-state index contributed by atoms with van der Waals surface area (Å²) in [6.45, 7) is 2.67. The highest BCUT2D eigenvalue weighted by molar-refractivity contribution is 5.67. The largest absolute Gasteiger partial charge is 0.481 e. The number of benzene rings is 1. The van der Waals surface area contributed by atoms with Crippen molar-refractivity contribution in [1.29, 1.82) is 0 Å². The van der Waals surface area contributed by atoms with Crippen molar-refractivity contribution in [3.05, 3.63) is 35.9 Å². The van der Waals surface area contributed by atoms with E-state index in [9.17, 15) is 14.7 Å². The lowest BCUT2D eigenvalue weighted by Crippen LogP contribution is -2.37. The van der Waals surface area contributed by atoms with Crippen LogP contribution in [0.5, 0.6) is 0 Å². The topological polar surface area (TPSA) is 124 Å². The van der Waals surface area contributed by atoms with E-state index in [1.165, 1.54) is 0 Å². The summed E-state index contributed by atoms with van der Waals surface area (Å²) in [7, 11) is 0. The van der Waals surface area contributed by atoms with Crippen molar-refractivity contribution in [2.45, 2.75) is 63.9 Å². The molecule has 7 nitrogen and oxygen atoms in total. The van der Waals surface area contributed by atoms with Gasteiger partial charge in [0.25, 0.3) is 0 Å². The molecule has 0 fully saturated rings. The van der Waals surface area contributed by atoms with E-state index in [2.05, 4.69) is 6.92 Å². The number of aliphatic carboxylic acids is 2. The Labute approximate surface area is 167 Å². The van der Waals surface area contributed by atoms with Crippen molar-refractivity contribution < 1.29 is 34.8 Å². The van der Waals surface area contributed by atoms with Gasteiger partial charge in [-0.1, -0.05) is 50.1 Å². The number of rotatable bonds is 14. The summed E-state index contributed by atoms with van der Waals surface area (Å²) in [5, 5.41) is 35.6. The maximum atomic E-state index is 10.6. The van der Waals surface area contributed by atoms with Crippen molar-refractivity contribution in [3.63, 3.8) is 0 Å². The Morgan fingerprint density at radius 3 is 2.04 bits per heavy atom. The predicted octanol–water partition coefficient (Wildman–Crippen LogP) is 2.88. The zero-order valence-electron chi connectivity index (χ0n) is 16.7. The lowest BCUT2D eigenvalue weighted by Gasteiger charge is -2.28. The molecule has 0 bridgehead atoms. The number of hydrogen-bond acceptors (Lipinski definition) is 5. The highest BCUT2D eigenvalue weighted by Gasteiger charge is 2.26. The summed E-state index contributed by atoms with van der Waals surface area (Å²) in [6.07, 6.45) is 4.37. The van der Waals surface area contributed by atoms with Crippen molar-refractivity contribution in [2.75, 3.05) is 19.8 Å². The van der Waals surface area contributed by atoms with E-state index in [1.807, 2.05) is 30.3 Å². The van der Waals surface area contributed by atoms with Crippen molar-refractivity contribution in [2.24, 2.45) is 0 Å². The Morgan fingerprint density at radius 2 is 1.57 bits per heavy atom. The number of carboxylic acids is 2. The zero-order valence-corrected chi connectivity index (χ0v) is 16.7. The molecule has 28 heavy (non-hydrogen) atoms. The van der Waals surface area contributed by atoms with Gasteiger partial charge in [-0.25, -0.2) is 0 Å². The van der Waals surface area contributed by atoms with Crippen LogP contribution in [0.15, 0.2) is 30.3 Å². The fourth-order valence-electron chi connectivity index (χ4n) is 2.57. The van der Waals surface area contributed by atoms with Crippen LogP contribution in [0.2, 0.25) is 0 Å². The maximum Gasteiger partial charge on any atom is 0.303 e. The molecule has 7 heteroatoms. The van der Waals surface area contributed by atoms with Gasteiger partial charge in [-0.15, -0.1) is 0 Å². The molecule has 1 atom stereocenters. The molecule has 1 unspecified atom stereocenters. The Balaban J connectivity index is 0.000000621. The zero-order chi connectivity index (χ0) is 21.3. The van der Waals surface area contributed by atoms with Crippen LogP contribution in [-0.4, -0.2) is 57.8 Å². The third kappa shape index (κ3) is 15.1. The number of carboxylic acid groups (broad SMARTS) is 2. The second kappa shape index (κ2) is 16.0. The van der Waals surface area contributed by atoms with Crippen molar-refractivity contribution >= 4 is 11.9 Å². The highest BCUT2D eigenvalue weighted by Crippen LogP contribution is 2.21. The highest BCUT2D eigenvalue weighted by atomic mass is 16.5. The molecular weight excluding hydrogens is 364 g/mol. The summed E-state index contributed by atoms with van der Waals surface area (Å²) in [6, 6.07) is 9.96. The van der Waals surface area contributed by atoms with Crippen LogP contribution in [-0.2, 0) is 20.7 Å². The second-order valence-corrected chi connectivity index (χ2v) is 6.76. The van der Waals surface area contributed by atoms with E-state index >= 15 is 0 Å². The number of carbonyl (C=O) groups is 2. The number of hydrogen-bond donors (Lipinski definition) is 4. The second-order valence-electron chi connectivity index (χ2n) is 6.76. The van der Waals surface area contributed by atoms with Gasteiger partial charge in [-0.2, -0.15) is 0 Å². The lowest BCUT2D eigenvalue weighted by atomic mass is 9.90. The van der Waals surface area contributed by atoms with E-state index in [0.717, 1.165) is 24.8 Å². The minimum Gasteiger partial charge on any atom is -0.481 e. The molecule has 0 aliphatic carbocycles. The molecule has 0 aromatic heterocycles. The van der Waals surface area contributed by atoms with E-state index in [1.54, 1.807) is 0 Å². The number of unbranched alkanes of at least 4 members (excludes halogenated alkanes) is 2. The van der Waals surface area contributed by atoms with Crippen LogP contribution in [0.25, 0.3) is 0 Å². The lowest BCUT2D eigenvalue weighted by molar-refractivity contribution is -0.139. The smallest absolute Gasteiger partial charge is 0.303 e. The summed E-state index contributed by atoms with van der Waals surface area (Å²) >= 11 is 0. The molecular formula is C21H34O7. The first-order chi connectivity index (χ1) is 13.3.